The van der Waals surface area contributed by atoms with Crippen LogP contribution in [0, 0.1) is 0 Å². The highest BCUT2D eigenvalue weighted by Gasteiger charge is 2.39. The molecule has 15 heavy (non-hydrogen) atoms. The Labute approximate surface area is 93.3 Å². The Kier molecular flexibility index (Phi) is 4.92. The summed E-state index contributed by atoms with van der Waals surface area (Å²) in [6.07, 6.45) is -0.226. The van der Waals surface area contributed by atoms with E-state index in [1.165, 1.54) is 0 Å². The molecule has 1 unspecified atom stereocenters. The molecule has 1 N–H and O–H groups in total. The van der Waals surface area contributed by atoms with E-state index in [9.17, 15) is 9.90 Å². The van der Waals surface area contributed by atoms with Gasteiger partial charge in [0.15, 0.2) is 8.32 Å². The number of hydrogen-bond donors (Lipinski definition) is 1. The van der Waals surface area contributed by atoms with E-state index in [0.29, 0.717) is 5.57 Å². The number of rotatable bonds is 5. The van der Waals surface area contributed by atoms with Crippen LogP contribution in [-0.2, 0) is 13.3 Å². The first-order valence-electron chi connectivity index (χ1n) is 4.79. The molecule has 0 saturated heterocycles. The van der Waals surface area contributed by atoms with Gasteiger partial charge in [-0.3, -0.25) is 0 Å². The Bertz CT molecular complexity index is 259. The second-order valence-electron chi connectivity index (χ2n) is 4.68. The van der Waals surface area contributed by atoms with Gasteiger partial charge in [0, 0.05) is 5.57 Å². The molecule has 0 bridgehead atoms. The van der Waals surface area contributed by atoms with Crippen molar-refractivity contribution >= 4 is 22.8 Å². The van der Waals surface area contributed by atoms with Gasteiger partial charge >= 0.3 is 14.5 Å². The molecule has 0 spiro atoms. The largest absolute Gasteiger partial charge is 0.490 e. The summed E-state index contributed by atoms with van der Waals surface area (Å²) in [4.78, 5) is 11.3. The number of aliphatic hydroxyl groups excluding tert-OH is 1. The SMILES string of the molecule is C=C(C)C(=O)O[Si](C)(CO)O[Si](C)(C)C. The predicted molar refractivity (Wildman–Crippen MR) is 64.0 cm³/mol. The van der Waals surface area contributed by atoms with Gasteiger partial charge in [-0.25, -0.2) is 4.79 Å². The first-order valence-corrected chi connectivity index (χ1v) is 10.7. The van der Waals surface area contributed by atoms with Crippen molar-refractivity contribution in [1.29, 1.82) is 0 Å². The van der Waals surface area contributed by atoms with Gasteiger partial charge in [0.1, 0.15) is 0 Å². The van der Waals surface area contributed by atoms with E-state index >= 15 is 0 Å². The summed E-state index contributed by atoms with van der Waals surface area (Å²) in [7, 11) is -4.60. The van der Waals surface area contributed by atoms with Crippen LogP contribution in [0.5, 0.6) is 0 Å². The Hall–Kier alpha value is -0.436. The summed E-state index contributed by atoms with van der Waals surface area (Å²) in [6.45, 7) is 12.7. The molecule has 0 heterocycles. The van der Waals surface area contributed by atoms with E-state index in [2.05, 4.69) is 6.58 Å². The van der Waals surface area contributed by atoms with Crippen LogP contribution in [-0.4, -0.2) is 34.2 Å². The molecular formula is C9H20O4Si2. The normalized spacial score (nSPS) is 15.6. The van der Waals surface area contributed by atoms with Crippen LogP contribution in [0.25, 0.3) is 0 Å². The van der Waals surface area contributed by atoms with Crippen LogP contribution in [0.2, 0.25) is 26.2 Å². The average Bonchev–Trinajstić information content (AvgIpc) is 2.00. The van der Waals surface area contributed by atoms with E-state index in [4.69, 9.17) is 8.54 Å². The van der Waals surface area contributed by atoms with Gasteiger partial charge in [-0.15, -0.1) is 0 Å². The Morgan fingerprint density at radius 2 is 1.80 bits per heavy atom. The number of aliphatic hydroxyl groups is 1. The lowest BCUT2D eigenvalue weighted by Gasteiger charge is -2.31. The van der Waals surface area contributed by atoms with Gasteiger partial charge in [0.25, 0.3) is 0 Å². The lowest BCUT2D eigenvalue weighted by molar-refractivity contribution is -0.132. The maximum Gasteiger partial charge on any atom is 0.414 e. The third-order valence-corrected chi connectivity index (χ3v) is 6.83. The fraction of sp³-hybridized carbons (Fsp3) is 0.667. The lowest BCUT2D eigenvalue weighted by atomic mass is 10.4. The summed E-state index contributed by atoms with van der Waals surface area (Å²) in [5.41, 5.74) is 0.321. The van der Waals surface area contributed by atoms with Crippen molar-refractivity contribution in [3.63, 3.8) is 0 Å². The predicted octanol–water partition coefficient (Wildman–Crippen LogP) is 1.56. The molecule has 4 nitrogen and oxygen atoms in total. The zero-order valence-electron chi connectivity index (χ0n) is 10.1. The maximum atomic E-state index is 11.3. The minimum absolute atomic E-state index is 0.226. The first kappa shape index (κ1) is 14.6. The van der Waals surface area contributed by atoms with Gasteiger partial charge in [0.2, 0.25) is 0 Å². The second kappa shape index (κ2) is 5.06. The van der Waals surface area contributed by atoms with Gasteiger partial charge in [-0.2, -0.15) is 0 Å². The monoisotopic (exact) mass is 248 g/mol. The van der Waals surface area contributed by atoms with Crippen molar-refractivity contribution < 1.29 is 18.4 Å². The van der Waals surface area contributed by atoms with E-state index in [1.807, 2.05) is 19.6 Å². The van der Waals surface area contributed by atoms with Crippen LogP contribution in [0.4, 0.5) is 0 Å². The van der Waals surface area contributed by atoms with Gasteiger partial charge in [0.05, 0.1) is 6.23 Å². The summed E-state index contributed by atoms with van der Waals surface area (Å²) in [6, 6.07) is 0. The Balaban J connectivity index is 4.58. The van der Waals surface area contributed by atoms with Crippen molar-refractivity contribution in [1.82, 2.24) is 0 Å². The van der Waals surface area contributed by atoms with Gasteiger partial charge in [-0.05, 0) is 33.1 Å². The lowest BCUT2D eigenvalue weighted by Crippen LogP contribution is -2.51. The highest BCUT2D eigenvalue weighted by atomic mass is 28.4. The molecule has 0 fully saturated rings. The number of carbonyl (C=O) groups is 1. The molecule has 0 aromatic rings. The van der Waals surface area contributed by atoms with Crippen LogP contribution in [0.15, 0.2) is 12.2 Å². The molecule has 0 aliphatic carbocycles. The Morgan fingerprint density at radius 3 is 2.07 bits per heavy atom. The molecule has 0 aliphatic heterocycles. The van der Waals surface area contributed by atoms with Gasteiger partial charge < -0.3 is 13.6 Å². The highest BCUT2D eigenvalue weighted by molar-refractivity contribution is 6.82. The standard InChI is InChI=1S/C9H20O4Si2/c1-8(2)9(11)12-15(6,7-10)13-14(3,4)5/h10H,1,7H2,2-6H3. The van der Waals surface area contributed by atoms with E-state index < -0.39 is 22.8 Å². The molecule has 0 aromatic carbocycles. The zero-order chi connectivity index (χ0) is 12.3. The summed E-state index contributed by atoms with van der Waals surface area (Å²) >= 11 is 0. The number of carbonyl (C=O) groups excluding carboxylic acids is 1. The van der Waals surface area contributed by atoms with E-state index in [1.54, 1.807) is 13.5 Å². The van der Waals surface area contributed by atoms with Crippen molar-refractivity contribution in [3.05, 3.63) is 12.2 Å². The van der Waals surface area contributed by atoms with E-state index in [-0.39, 0.29) is 6.23 Å². The minimum atomic E-state index is -2.78. The zero-order valence-corrected chi connectivity index (χ0v) is 12.1. The summed E-state index contributed by atoms with van der Waals surface area (Å²) < 4.78 is 10.9. The molecule has 0 aliphatic rings. The summed E-state index contributed by atoms with van der Waals surface area (Å²) in [5.74, 6) is -0.489. The average molecular weight is 248 g/mol. The van der Waals surface area contributed by atoms with Crippen molar-refractivity contribution in [2.45, 2.75) is 33.1 Å². The molecule has 0 saturated carbocycles. The minimum Gasteiger partial charge on any atom is -0.490 e. The van der Waals surface area contributed by atoms with Crippen LogP contribution < -0.4 is 0 Å². The third kappa shape index (κ3) is 5.88. The maximum absolute atomic E-state index is 11.3. The van der Waals surface area contributed by atoms with Gasteiger partial charge in [-0.1, -0.05) is 6.58 Å². The van der Waals surface area contributed by atoms with Crippen LogP contribution in [0.1, 0.15) is 6.92 Å². The third-order valence-electron chi connectivity index (χ3n) is 1.47. The Morgan fingerprint density at radius 1 is 1.33 bits per heavy atom. The van der Waals surface area contributed by atoms with Crippen LogP contribution in [0.3, 0.4) is 0 Å². The fourth-order valence-electron chi connectivity index (χ4n) is 1.02. The molecule has 6 heteroatoms. The van der Waals surface area contributed by atoms with Crippen molar-refractivity contribution in [3.8, 4) is 0 Å². The fourth-order valence-corrected chi connectivity index (χ4v) is 7.25. The molecule has 88 valence electrons. The van der Waals surface area contributed by atoms with Crippen molar-refractivity contribution in [2.24, 2.45) is 0 Å². The topological polar surface area (TPSA) is 55.8 Å². The first-order chi connectivity index (χ1) is 6.59. The van der Waals surface area contributed by atoms with Crippen LogP contribution >= 0.6 is 0 Å². The summed E-state index contributed by atoms with van der Waals surface area (Å²) in [5, 5.41) is 9.23. The molecular weight excluding hydrogens is 228 g/mol. The second-order valence-corrected chi connectivity index (χ2v) is 12.5. The van der Waals surface area contributed by atoms with Crippen molar-refractivity contribution in [2.75, 3.05) is 6.23 Å². The molecule has 0 radical (unpaired) electrons. The molecule has 0 amide bonds. The smallest absolute Gasteiger partial charge is 0.414 e. The highest BCUT2D eigenvalue weighted by Crippen LogP contribution is 2.16. The molecule has 0 aromatic heterocycles. The molecule has 1 atom stereocenters. The molecule has 0 rings (SSSR count). The number of hydrogen-bond acceptors (Lipinski definition) is 4. The quantitative estimate of drug-likeness (QED) is 0.592. The van der Waals surface area contributed by atoms with E-state index in [0.717, 1.165) is 0 Å².